The summed E-state index contributed by atoms with van der Waals surface area (Å²) in [6.07, 6.45) is 3.29. The lowest BCUT2D eigenvalue weighted by atomic mass is 10.5. The van der Waals surface area contributed by atoms with E-state index in [0.29, 0.717) is 0 Å². The molecule has 0 aliphatic carbocycles. The van der Waals surface area contributed by atoms with Gasteiger partial charge in [-0.05, 0) is 19.2 Å². The minimum absolute atomic E-state index is 0.756. The predicted molar refractivity (Wildman–Crippen MR) is 40.6 cm³/mol. The van der Waals surface area contributed by atoms with Gasteiger partial charge in [0.1, 0.15) is 11.6 Å². The summed E-state index contributed by atoms with van der Waals surface area (Å²) in [7, 11) is 0. The monoisotopic (exact) mass is 135 g/mol. The second-order valence-corrected chi connectivity index (χ2v) is 1.84. The molecule has 1 aromatic rings. The Bertz CT molecular complexity index is 232. The number of nitrogens with one attached hydrogen (secondary N) is 1. The Balaban J connectivity index is 2.84. The average molecular weight is 135 g/mol. The fourth-order valence-electron chi connectivity index (χ4n) is 0.641. The highest BCUT2D eigenvalue weighted by Gasteiger charge is 1.88. The number of aromatic nitrogens is 2. The molecule has 3 heteroatoms. The Kier molecular flexibility index (Phi) is 1.99. The molecule has 0 saturated carbocycles. The fraction of sp³-hybridized carbons (Fsp3) is 0.143. The molecule has 0 aliphatic heterocycles. The van der Waals surface area contributed by atoms with E-state index in [0.717, 1.165) is 11.6 Å². The van der Waals surface area contributed by atoms with E-state index in [2.05, 4.69) is 21.9 Å². The van der Waals surface area contributed by atoms with Crippen LogP contribution in [-0.2, 0) is 0 Å². The predicted octanol–water partition coefficient (Wildman–Crippen LogP) is 1.34. The lowest BCUT2D eigenvalue weighted by Gasteiger charge is -1.97. The molecule has 1 heterocycles. The smallest absolute Gasteiger partial charge is 0.133 e. The largest absolute Gasteiger partial charge is 0.347 e. The summed E-state index contributed by atoms with van der Waals surface area (Å²) in [6, 6.07) is 1.79. The first-order valence-corrected chi connectivity index (χ1v) is 3.00. The molecule has 0 saturated heterocycles. The van der Waals surface area contributed by atoms with Crippen LogP contribution in [0.1, 0.15) is 5.82 Å². The van der Waals surface area contributed by atoms with Gasteiger partial charge in [-0.2, -0.15) is 0 Å². The molecular weight excluding hydrogens is 126 g/mol. The molecule has 52 valence electrons. The average Bonchev–Trinajstić information content (AvgIpc) is 1.88. The molecule has 0 spiro atoms. The first kappa shape index (κ1) is 6.74. The molecule has 0 unspecified atom stereocenters. The van der Waals surface area contributed by atoms with Crippen molar-refractivity contribution in [2.75, 3.05) is 5.32 Å². The van der Waals surface area contributed by atoms with Crippen LogP contribution in [0.5, 0.6) is 0 Å². The van der Waals surface area contributed by atoms with Crippen molar-refractivity contribution in [3.8, 4) is 0 Å². The van der Waals surface area contributed by atoms with Crippen LogP contribution in [-0.4, -0.2) is 9.97 Å². The quantitative estimate of drug-likeness (QED) is 0.665. The summed E-state index contributed by atoms with van der Waals surface area (Å²) >= 11 is 0. The second kappa shape index (κ2) is 2.96. The van der Waals surface area contributed by atoms with Crippen LogP contribution >= 0.6 is 0 Å². The Labute approximate surface area is 59.8 Å². The Morgan fingerprint density at radius 1 is 1.70 bits per heavy atom. The topological polar surface area (TPSA) is 37.8 Å². The van der Waals surface area contributed by atoms with Crippen molar-refractivity contribution in [3.63, 3.8) is 0 Å². The molecule has 1 N–H and O–H groups in total. The molecule has 0 aromatic carbocycles. The van der Waals surface area contributed by atoms with Gasteiger partial charge in [0.2, 0.25) is 0 Å². The zero-order valence-corrected chi connectivity index (χ0v) is 5.83. The lowest BCUT2D eigenvalue weighted by Crippen LogP contribution is -1.93. The van der Waals surface area contributed by atoms with E-state index in [1.807, 2.05) is 6.92 Å². The first-order chi connectivity index (χ1) is 4.83. The van der Waals surface area contributed by atoms with Gasteiger partial charge in [-0.1, -0.05) is 6.58 Å². The van der Waals surface area contributed by atoms with Crippen LogP contribution in [0.15, 0.2) is 25.0 Å². The normalized spacial score (nSPS) is 8.90. The lowest BCUT2D eigenvalue weighted by molar-refractivity contribution is 1.06. The molecule has 1 rings (SSSR count). The highest BCUT2D eigenvalue weighted by molar-refractivity contribution is 5.35. The third-order valence-electron chi connectivity index (χ3n) is 1.03. The van der Waals surface area contributed by atoms with Crippen molar-refractivity contribution >= 4 is 5.82 Å². The van der Waals surface area contributed by atoms with Crippen LogP contribution in [0.25, 0.3) is 0 Å². The molecule has 3 nitrogen and oxygen atoms in total. The van der Waals surface area contributed by atoms with Gasteiger partial charge in [-0.3, -0.25) is 0 Å². The summed E-state index contributed by atoms with van der Waals surface area (Å²) in [4.78, 5) is 8.01. The number of anilines is 1. The van der Waals surface area contributed by atoms with E-state index in [9.17, 15) is 0 Å². The number of hydrogen-bond donors (Lipinski definition) is 1. The van der Waals surface area contributed by atoms with E-state index in [1.54, 1.807) is 18.5 Å². The molecule has 0 amide bonds. The Hall–Kier alpha value is -1.38. The van der Waals surface area contributed by atoms with E-state index < -0.39 is 0 Å². The van der Waals surface area contributed by atoms with E-state index in [-0.39, 0.29) is 0 Å². The van der Waals surface area contributed by atoms with E-state index in [1.165, 1.54) is 0 Å². The van der Waals surface area contributed by atoms with Crippen molar-refractivity contribution in [1.82, 2.24) is 9.97 Å². The summed E-state index contributed by atoms with van der Waals surface area (Å²) in [5.74, 6) is 1.54. The van der Waals surface area contributed by atoms with Crippen molar-refractivity contribution in [3.05, 3.63) is 30.9 Å². The van der Waals surface area contributed by atoms with Gasteiger partial charge in [0, 0.05) is 6.20 Å². The number of rotatable bonds is 2. The maximum atomic E-state index is 4.07. The molecular formula is C7H9N3. The summed E-state index contributed by atoms with van der Waals surface area (Å²) in [5, 5.41) is 2.86. The van der Waals surface area contributed by atoms with Gasteiger partial charge in [0.25, 0.3) is 0 Å². The summed E-state index contributed by atoms with van der Waals surface area (Å²) in [5.41, 5.74) is 0. The molecule has 0 aliphatic rings. The van der Waals surface area contributed by atoms with Gasteiger partial charge in [-0.15, -0.1) is 0 Å². The Morgan fingerprint density at radius 3 is 3.10 bits per heavy atom. The van der Waals surface area contributed by atoms with Gasteiger partial charge < -0.3 is 5.32 Å². The van der Waals surface area contributed by atoms with Crippen LogP contribution in [0.4, 0.5) is 5.82 Å². The number of nitrogens with zero attached hydrogens (tertiary/aromatic N) is 2. The van der Waals surface area contributed by atoms with Crippen LogP contribution in [0.3, 0.4) is 0 Å². The molecule has 0 atom stereocenters. The molecule has 0 fully saturated rings. The van der Waals surface area contributed by atoms with Gasteiger partial charge in [0.15, 0.2) is 0 Å². The summed E-state index contributed by atoms with van der Waals surface area (Å²) in [6.45, 7) is 5.36. The van der Waals surface area contributed by atoms with Crippen LogP contribution in [0.2, 0.25) is 0 Å². The fourth-order valence-corrected chi connectivity index (χ4v) is 0.641. The molecule has 10 heavy (non-hydrogen) atoms. The SMILES string of the molecule is C=CNc1ccnc(C)n1. The third-order valence-corrected chi connectivity index (χ3v) is 1.03. The van der Waals surface area contributed by atoms with Crippen molar-refractivity contribution in [1.29, 1.82) is 0 Å². The van der Waals surface area contributed by atoms with Gasteiger partial charge in [0.05, 0.1) is 0 Å². The molecule has 1 aromatic heterocycles. The van der Waals surface area contributed by atoms with Crippen molar-refractivity contribution < 1.29 is 0 Å². The van der Waals surface area contributed by atoms with Crippen molar-refractivity contribution in [2.24, 2.45) is 0 Å². The molecule has 0 bridgehead atoms. The Morgan fingerprint density at radius 2 is 2.50 bits per heavy atom. The third kappa shape index (κ3) is 1.55. The van der Waals surface area contributed by atoms with Gasteiger partial charge in [-0.25, -0.2) is 9.97 Å². The van der Waals surface area contributed by atoms with Crippen LogP contribution in [0, 0.1) is 6.92 Å². The first-order valence-electron chi connectivity index (χ1n) is 3.00. The summed E-state index contributed by atoms with van der Waals surface area (Å²) < 4.78 is 0. The number of hydrogen-bond acceptors (Lipinski definition) is 3. The second-order valence-electron chi connectivity index (χ2n) is 1.84. The zero-order valence-electron chi connectivity index (χ0n) is 5.83. The molecule has 0 radical (unpaired) electrons. The van der Waals surface area contributed by atoms with Crippen LogP contribution < -0.4 is 5.32 Å². The minimum Gasteiger partial charge on any atom is -0.347 e. The van der Waals surface area contributed by atoms with Gasteiger partial charge >= 0.3 is 0 Å². The van der Waals surface area contributed by atoms with E-state index in [4.69, 9.17) is 0 Å². The minimum atomic E-state index is 0.756. The zero-order chi connectivity index (χ0) is 7.40. The standard InChI is InChI=1S/C7H9N3/c1-3-8-7-4-5-9-6(2)10-7/h3-5H,1H2,2H3,(H,8,9,10). The maximum absolute atomic E-state index is 4.07. The van der Waals surface area contributed by atoms with Crippen molar-refractivity contribution in [2.45, 2.75) is 6.92 Å². The highest BCUT2D eigenvalue weighted by Crippen LogP contribution is 1.99. The number of aryl methyl sites for hydroxylation is 1. The van der Waals surface area contributed by atoms with E-state index >= 15 is 0 Å². The highest BCUT2D eigenvalue weighted by atomic mass is 15.0. The maximum Gasteiger partial charge on any atom is 0.133 e.